The van der Waals surface area contributed by atoms with E-state index in [-0.39, 0.29) is 18.1 Å². The molecule has 1 atom stereocenters. The van der Waals surface area contributed by atoms with Crippen LogP contribution in [0, 0.1) is 13.8 Å². The predicted octanol–water partition coefficient (Wildman–Crippen LogP) is 2.31. The molecule has 1 aliphatic heterocycles. The average Bonchev–Trinajstić information content (AvgIpc) is 3.11. The number of halogens is 1. The van der Waals surface area contributed by atoms with E-state index in [1.807, 2.05) is 6.92 Å². The van der Waals surface area contributed by atoms with Gasteiger partial charge in [-0.3, -0.25) is 4.79 Å². The number of rotatable bonds is 5. The van der Waals surface area contributed by atoms with Gasteiger partial charge in [0, 0.05) is 29.6 Å². The maximum absolute atomic E-state index is 11.9. The van der Waals surface area contributed by atoms with Crippen LogP contribution in [-0.4, -0.2) is 31.6 Å². The van der Waals surface area contributed by atoms with E-state index < -0.39 is 0 Å². The molecule has 1 saturated heterocycles. The molecule has 1 aliphatic rings. The van der Waals surface area contributed by atoms with Crippen molar-refractivity contribution in [3.63, 3.8) is 0 Å². The third-order valence-electron chi connectivity index (χ3n) is 4.58. The van der Waals surface area contributed by atoms with E-state index in [2.05, 4.69) is 10.6 Å². The lowest BCUT2D eigenvalue weighted by atomic mass is 10.1. The van der Waals surface area contributed by atoms with Gasteiger partial charge in [0.1, 0.15) is 11.3 Å². The minimum absolute atomic E-state index is 0.146. The second kappa shape index (κ2) is 7.45. The lowest BCUT2D eigenvalue weighted by Gasteiger charge is -2.13. The summed E-state index contributed by atoms with van der Waals surface area (Å²) in [6.07, 6.45) is 2.20. The monoisotopic (exact) mass is 364 g/mol. The van der Waals surface area contributed by atoms with Crippen molar-refractivity contribution in [3.05, 3.63) is 38.7 Å². The van der Waals surface area contributed by atoms with Gasteiger partial charge >= 0.3 is 5.63 Å². The Morgan fingerprint density at radius 1 is 1.40 bits per heavy atom. The summed E-state index contributed by atoms with van der Waals surface area (Å²) in [4.78, 5) is 23.7. The van der Waals surface area contributed by atoms with Gasteiger partial charge in [-0.05, 0) is 44.9 Å². The highest BCUT2D eigenvalue weighted by atomic mass is 35.5. The van der Waals surface area contributed by atoms with Crippen LogP contribution in [0.2, 0.25) is 5.02 Å². The zero-order valence-electron chi connectivity index (χ0n) is 14.3. The molecule has 2 N–H and O–H groups in total. The molecule has 1 aromatic heterocycles. The second-order valence-electron chi connectivity index (χ2n) is 6.30. The fourth-order valence-corrected chi connectivity index (χ4v) is 3.13. The summed E-state index contributed by atoms with van der Waals surface area (Å²) < 4.78 is 10.8. The first-order valence-corrected chi connectivity index (χ1v) is 8.70. The van der Waals surface area contributed by atoms with Crippen molar-refractivity contribution in [2.45, 2.75) is 32.7 Å². The number of hydrogen-bond acceptors (Lipinski definition) is 5. The van der Waals surface area contributed by atoms with Gasteiger partial charge in [0.25, 0.3) is 5.91 Å². The Kier molecular flexibility index (Phi) is 5.30. The smallest absolute Gasteiger partial charge is 0.339 e. The third kappa shape index (κ3) is 3.96. The molecule has 7 heteroatoms. The van der Waals surface area contributed by atoms with E-state index in [0.29, 0.717) is 34.5 Å². The van der Waals surface area contributed by atoms with E-state index in [0.717, 1.165) is 30.3 Å². The number of nitrogens with one attached hydrogen (secondary N) is 2. The highest BCUT2D eigenvalue weighted by Gasteiger charge is 2.16. The standard InChI is InChI=1S/C18H21ClN2O4/c1-10-11(2)18(23)25-15-7-16(14(19)6-13(10)15)24-9-17(22)21-8-12-4-3-5-20-12/h6-7,12,20H,3-5,8-9H2,1-2H3,(H,21,22)/t12-/m0/s1. The number of ether oxygens (including phenoxy) is 1. The number of carbonyl (C=O) groups excluding carboxylic acids is 1. The topological polar surface area (TPSA) is 80.6 Å². The molecule has 0 radical (unpaired) electrons. The summed E-state index contributed by atoms with van der Waals surface area (Å²) in [5.74, 6) is 0.0983. The lowest BCUT2D eigenvalue weighted by Crippen LogP contribution is -2.39. The lowest BCUT2D eigenvalue weighted by molar-refractivity contribution is -0.123. The Hall–Kier alpha value is -2.05. The van der Waals surface area contributed by atoms with Gasteiger partial charge < -0.3 is 19.8 Å². The molecule has 1 aromatic carbocycles. The molecule has 25 heavy (non-hydrogen) atoms. The van der Waals surface area contributed by atoms with Crippen molar-refractivity contribution in [1.29, 1.82) is 0 Å². The average molecular weight is 365 g/mol. The first kappa shape index (κ1) is 17.8. The maximum Gasteiger partial charge on any atom is 0.339 e. The molecule has 2 aromatic rings. The van der Waals surface area contributed by atoms with E-state index >= 15 is 0 Å². The largest absolute Gasteiger partial charge is 0.482 e. The summed E-state index contributed by atoms with van der Waals surface area (Å²) in [5.41, 5.74) is 1.38. The number of benzene rings is 1. The maximum atomic E-state index is 11.9. The van der Waals surface area contributed by atoms with Gasteiger partial charge in [-0.15, -0.1) is 0 Å². The summed E-state index contributed by atoms with van der Waals surface area (Å²) in [5, 5.41) is 7.27. The molecule has 134 valence electrons. The van der Waals surface area contributed by atoms with E-state index in [1.54, 1.807) is 19.1 Å². The fourth-order valence-electron chi connectivity index (χ4n) is 2.92. The number of fused-ring (bicyclic) bond motifs is 1. The molecule has 1 amide bonds. The van der Waals surface area contributed by atoms with Crippen molar-refractivity contribution >= 4 is 28.5 Å². The van der Waals surface area contributed by atoms with Crippen LogP contribution in [0.5, 0.6) is 5.75 Å². The van der Waals surface area contributed by atoms with Crippen molar-refractivity contribution in [2.24, 2.45) is 0 Å². The Morgan fingerprint density at radius 3 is 2.92 bits per heavy atom. The molecular weight excluding hydrogens is 344 g/mol. The molecule has 1 fully saturated rings. The van der Waals surface area contributed by atoms with Crippen molar-refractivity contribution in [1.82, 2.24) is 10.6 Å². The third-order valence-corrected chi connectivity index (χ3v) is 4.87. The molecule has 3 rings (SSSR count). The Bertz CT molecular complexity index is 856. The highest BCUT2D eigenvalue weighted by molar-refractivity contribution is 6.32. The zero-order chi connectivity index (χ0) is 18.0. The van der Waals surface area contributed by atoms with Crippen LogP contribution in [0.3, 0.4) is 0 Å². The molecule has 2 heterocycles. The van der Waals surface area contributed by atoms with Gasteiger partial charge in [0.15, 0.2) is 6.61 Å². The Labute approximate surface area is 150 Å². The van der Waals surface area contributed by atoms with Crippen LogP contribution in [0.15, 0.2) is 21.3 Å². The van der Waals surface area contributed by atoms with Gasteiger partial charge in [-0.25, -0.2) is 4.79 Å². The summed E-state index contributed by atoms with van der Waals surface area (Å²) >= 11 is 6.24. The quantitative estimate of drug-likeness (QED) is 0.796. The van der Waals surface area contributed by atoms with E-state index in [4.69, 9.17) is 20.8 Å². The summed E-state index contributed by atoms with van der Waals surface area (Å²) in [7, 11) is 0. The van der Waals surface area contributed by atoms with Crippen LogP contribution < -0.4 is 21.0 Å². The fraction of sp³-hybridized carbons (Fsp3) is 0.444. The van der Waals surface area contributed by atoms with Crippen LogP contribution in [0.1, 0.15) is 24.0 Å². The molecule has 0 unspecified atom stereocenters. The van der Waals surface area contributed by atoms with E-state index in [1.165, 1.54) is 0 Å². The minimum Gasteiger partial charge on any atom is -0.482 e. The molecule has 6 nitrogen and oxygen atoms in total. The molecular formula is C18H21ClN2O4. The summed E-state index contributed by atoms with van der Waals surface area (Å²) in [6, 6.07) is 3.57. The minimum atomic E-state index is -0.389. The molecule has 0 aliphatic carbocycles. The van der Waals surface area contributed by atoms with Gasteiger partial charge in [-0.2, -0.15) is 0 Å². The molecule has 0 spiro atoms. The first-order valence-electron chi connectivity index (χ1n) is 8.32. The molecule has 0 saturated carbocycles. The van der Waals surface area contributed by atoms with E-state index in [9.17, 15) is 9.59 Å². The molecule has 0 bridgehead atoms. The van der Waals surface area contributed by atoms with Crippen LogP contribution >= 0.6 is 11.6 Å². The van der Waals surface area contributed by atoms with Crippen molar-refractivity contribution in [3.8, 4) is 5.75 Å². The van der Waals surface area contributed by atoms with Gasteiger partial charge in [-0.1, -0.05) is 11.6 Å². The Morgan fingerprint density at radius 2 is 2.20 bits per heavy atom. The van der Waals surface area contributed by atoms with Crippen LogP contribution in [0.25, 0.3) is 11.0 Å². The van der Waals surface area contributed by atoms with Crippen LogP contribution in [-0.2, 0) is 4.79 Å². The number of hydrogen-bond donors (Lipinski definition) is 2. The normalized spacial score (nSPS) is 17.0. The van der Waals surface area contributed by atoms with Gasteiger partial charge in [0.05, 0.1) is 5.02 Å². The highest BCUT2D eigenvalue weighted by Crippen LogP contribution is 2.31. The van der Waals surface area contributed by atoms with Crippen molar-refractivity contribution < 1.29 is 13.9 Å². The first-order chi connectivity index (χ1) is 12.0. The zero-order valence-corrected chi connectivity index (χ0v) is 15.0. The van der Waals surface area contributed by atoms with Gasteiger partial charge in [0.2, 0.25) is 0 Å². The SMILES string of the molecule is Cc1c(C)c2cc(Cl)c(OCC(=O)NC[C@@H]3CCCN3)cc2oc1=O. The Balaban J connectivity index is 1.68. The number of amides is 1. The summed E-state index contributed by atoms with van der Waals surface area (Å²) in [6.45, 7) is 4.99. The number of aryl methyl sites for hydroxylation is 1. The van der Waals surface area contributed by atoms with Crippen LogP contribution in [0.4, 0.5) is 0 Å². The number of carbonyl (C=O) groups is 1. The second-order valence-corrected chi connectivity index (χ2v) is 6.71. The predicted molar refractivity (Wildman–Crippen MR) is 96.5 cm³/mol. The van der Waals surface area contributed by atoms with Crippen molar-refractivity contribution in [2.75, 3.05) is 19.7 Å².